The molecule has 2 heteroatoms. The smallest absolute Gasteiger partial charge is 0.129 e. The highest BCUT2D eigenvalue weighted by Crippen LogP contribution is 2.12. The molecule has 1 N–H and O–H groups in total. The Hall–Kier alpha value is -1.05. The maximum atomic E-state index is 4.35. The Morgan fingerprint density at radius 3 is 2.73 bits per heavy atom. The first-order valence-electron chi connectivity index (χ1n) is 3.92. The van der Waals surface area contributed by atoms with E-state index >= 15 is 0 Å². The molecule has 0 radical (unpaired) electrons. The second kappa shape index (κ2) is 3.37. The second-order valence-corrected chi connectivity index (χ2v) is 2.56. The molecule has 1 aromatic rings. The summed E-state index contributed by atoms with van der Waals surface area (Å²) in [5, 5.41) is 3.08. The summed E-state index contributed by atoms with van der Waals surface area (Å²) in [6.45, 7) is 4.13. The fourth-order valence-electron chi connectivity index (χ4n) is 1.09. The summed E-state index contributed by atoms with van der Waals surface area (Å²) in [6, 6.07) is 4.16. The molecule has 2 nitrogen and oxygen atoms in total. The largest absolute Gasteiger partial charge is 0.373 e. The highest BCUT2D eigenvalue weighted by Gasteiger charge is 1.98. The monoisotopic (exact) mass is 150 g/mol. The van der Waals surface area contributed by atoms with Gasteiger partial charge in [-0.3, -0.25) is 0 Å². The summed E-state index contributed by atoms with van der Waals surface area (Å²) < 4.78 is 0. The lowest BCUT2D eigenvalue weighted by Gasteiger charge is -2.05. The number of anilines is 1. The average Bonchev–Trinajstić information content (AvgIpc) is 2.04. The van der Waals surface area contributed by atoms with Crippen molar-refractivity contribution >= 4 is 5.82 Å². The van der Waals surface area contributed by atoms with Gasteiger partial charge in [0.25, 0.3) is 0 Å². The van der Waals surface area contributed by atoms with Gasteiger partial charge in [-0.1, -0.05) is 13.0 Å². The summed E-state index contributed by atoms with van der Waals surface area (Å²) in [6.07, 6.45) is 1.03. The highest BCUT2D eigenvalue weighted by molar-refractivity contribution is 5.44. The third kappa shape index (κ3) is 1.70. The second-order valence-electron chi connectivity index (χ2n) is 2.56. The predicted molar refractivity (Wildman–Crippen MR) is 47.9 cm³/mol. The van der Waals surface area contributed by atoms with Crippen LogP contribution in [-0.4, -0.2) is 12.0 Å². The van der Waals surface area contributed by atoms with E-state index in [1.54, 1.807) is 0 Å². The van der Waals surface area contributed by atoms with Crippen LogP contribution >= 0.6 is 0 Å². The van der Waals surface area contributed by atoms with Crippen LogP contribution in [0.3, 0.4) is 0 Å². The summed E-state index contributed by atoms with van der Waals surface area (Å²) in [7, 11) is 1.90. The van der Waals surface area contributed by atoms with Crippen molar-refractivity contribution in [2.75, 3.05) is 12.4 Å². The molecular formula is C9H14N2. The van der Waals surface area contributed by atoms with E-state index in [0.717, 1.165) is 17.9 Å². The average molecular weight is 150 g/mol. The van der Waals surface area contributed by atoms with Crippen molar-refractivity contribution in [3.05, 3.63) is 23.4 Å². The number of nitrogens with zero attached hydrogens (tertiary/aromatic N) is 1. The minimum absolute atomic E-state index is 1.01. The summed E-state index contributed by atoms with van der Waals surface area (Å²) in [4.78, 5) is 4.35. The predicted octanol–water partition coefficient (Wildman–Crippen LogP) is 1.99. The molecule has 0 aliphatic heterocycles. The van der Waals surface area contributed by atoms with Crippen LogP contribution in [0.1, 0.15) is 18.2 Å². The molecule has 0 aliphatic carbocycles. The van der Waals surface area contributed by atoms with Crippen LogP contribution in [0, 0.1) is 6.92 Å². The van der Waals surface area contributed by atoms with Gasteiger partial charge in [0, 0.05) is 12.7 Å². The molecule has 0 aromatic carbocycles. The Bertz CT molecular complexity index is 243. The lowest BCUT2D eigenvalue weighted by atomic mass is 10.2. The summed E-state index contributed by atoms with van der Waals surface area (Å²) in [5.74, 6) is 1.01. The van der Waals surface area contributed by atoms with Crippen LogP contribution in [0.4, 0.5) is 5.82 Å². The number of pyridine rings is 1. The molecule has 0 spiro atoms. The highest BCUT2D eigenvalue weighted by atomic mass is 15.0. The molecule has 0 atom stereocenters. The van der Waals surface area contributed by atoms with Gasteiger partial charge in [-0.15, -0.1) is 0 Å². The summed E-state index contributed by atoms with van der Waals surface area (Å²) >= 11 is 0. The molecule has 0 aliphatic rings. The van der Waals surface area contributed by atoms with Gasteiger partial charge < -0.3 is 5.32 Å². The van der Waals surface area contributed by atoms with Gasteiger partial charge in [-0.2, -0.15) is 0 Å². The maximum absolute atomic E-state index is 4.35. The van der Waals surface area contributed by atoms with Crippen molar-refractivity contribution in [1.29, 1.82) is 0 Å². The van der Waals surface area contributed by atoms with E-state index in [0.29, 0.717) is 0 Å². The first kappa shape index (κ1) is 8.05. The quantitative estimate of drug-likeness (QED) is 0.697. The van der Waals surface area contributed by atoms with Crippen molar-refractivity contribution < 1.29 is 0 Å². The lowest BCUT2D eigenvalue weighted by molar-refractivity contribution is 1.07. The van der Waals surface area contributed by atoms with E-state index in [4.69, 9.17) is 0 Å². The molecule has 60 valence electrons. The molecule has 0 amide bonds. The molecule has 1 aromatic heterocycles. The Balaban J connectivity index is 3.06. The number of aromatic nitrogens is 1. The van der Waals surface area contributed by atoms with Crippen LogP contribution in [0.15, 0.2) is 12.1 Å². The van der Waals surface area contributed by atoms with E-state index in [-0.39, 0.29) is 0 Å². The molecule has 0 saturated heterocycles. The van der Waals surface area contributed by atoms with Gasteiger partial charge >= 0.3 is 0 Å². The zero-order chi connectivity index (χ0) is 8.27. The SMILES string of the molecule is CCc1ccc(C)nc1NC. The van der Waals surface area contributed by atoms with Crippen molar-refractivity contribution in [3.63, 3.8) is 0 Å². The van der Waals surface area contributed by atoms with E-state index in [2.05, 4.69) is 23.3 Å². The van der Waals surface area contributed by atoms with Gasteiger partial charge in [-0.25, -0.2) is 4.98 Å². The van der Waals surface area contributed by atoms with Crippen LogP contribution in [0.25, 0.3) is 0 Å². The van der Waals surface area contributed by atoms with Crippen molar-refractivity contribution in [1.82, 2.24) is 4.98 Å². The third-order valence-corrected chi connectivity index (χ3v) is 1.74. The van der Waals surface area contributed by atoms with Crippen LogP contribution in [-0.2, 0) is 6.42 Å². The van der Waals surface area contributed by atoms with Gasteiger partial charge in [0.15, 0.2) is 0 Å². The third-order valence-electron chi connectivity index (χ3n) is 1.74. The molecular weight excluding hydrogens is 136 g/mol. The van der Waals surface area contributed by atoms with Crippen molar-refractivity contribution in [2.24, 2.45) is 0 Å². The zero-order valence-electron chi connectivity index (χ0n) is 7.31. The van der Waals surface area contributed by atoms with E-state index in [1.807, 2.05) is 20.0 Å². The van der Waals surface area contributed by atoms with E-state index < -0.39 is 0 Å². The van der Waals surface area contributed by atoms with Crippen LogP contribution in [0.2, 0.25) is 0 Å². The number of nitrogens with one attached hydrogen (secondary N) is 1. The molecule has 1 heterocycles. The molecule has 0 bridgehead atoms. The fraction of sp³-hybridized carbons (Fsp3) is 0.444. The van der Waals surface area contributed by atoms with Gasteiger partial charge in [-0.05, 0) is 25.0 Å². The van der Waals surface area contributed by atoms with Gasteiger partial charge in [0.05, 0.1) is 0 Å². The van der Waals surface area contributed by atoms with E-state index in [9.17, 15) is 0 Å². The number of hydrogen-bond acceptors (Lipinski definition) is 2. The maximum Gasteiger partial charge on any atom is 0.129 e. The first-order chi connectivity index (χ1) is 5.27. The summed E-state index contributed by atoms with van der Waals surface area (Å²) in [5.41, 5.74) is 2.34. The van der Waals surface area contributed by atoms with Crippen LogP contribution < -0.4 is 5.32 Å². The minimum Gasteiger partial charge on any atom is -0.373 e. The normalized spacial score (nSPS) is 9.73. The van der Waals surface area contributed by atoms with Crippen molar-refractivity contribution in [3.8, 4) is 0 Å². The van der Waals surface area contributed by atoms with Crippen LogP contribution in [0.5, 0.6) is 0 Å². The minimum atomic E-state index is 1.01. The lowest BCUT2D eigenvalue weighted by Crippen LogP contribution is -1.98. The topological polar surface area (TPSA) is 24.9 Å². The Morgan fingerprint density at radius 2 is 2.18 bits per heavy atom. The standard InChI is InChI=1S/C9H14N2/c1-4-8-6-5-7(2)11-9(8)10-3/h5-6H,4H2,1-3H3,(H,10,11). The zero-order valence-corrected chi connectivity index (χ0v) is 7.31. The Morgan fingerprint density at radius 1 is 1.45 bits per heavy atom. The molecule has 0 saturated carbocycles. The van der Waals surface area contributed by atoms with Crippen molar-refractivity contribution in [2.45, 2.75) is 20.3 Å². The fourth-order valence-corrected chi connectivity index (χ4v) is 1.09. The Labute approximate surface area is 67.7 Å². The molecule has 0 fully saturated rings. The molecule has 0 unspecified atom stereocenters. The molecule has 1 rings (SSSR count). The van der Waals surface area contributed by atoms with Gasteiger partial charge in [0.1, 0.15) is 5.82 Å². The number of hydrogen-bond donors (Lipinski definition) is 1. The van der Waals surface area contributed by atoms with Gasteiger partial charge in [0.2, 0.25) is 0 Å². The van der Waals surface area contributed by atoms with E-state index in [1.165, 1.54) is 5.56 Å². The number of rotatable bonds is 2. The Kier molecular flexibility index (Phi) is 2.47. The number of aryl methyl sites for hydroxylation is 2. The molecule has 11 heavy (non-hydrogen) atoms. The first-order valence-corrected chi connectivity index (χ1v) is 3.92.